The summed E-state index contributed by atoms with van der Waals surface area (Å²) in [6.07, 6.45) is 3.36. The average Bonchev–Trinajstić information content (AvgIpc) is 2.74. The topological polar surface area (TPSA) is 90.8 Å². The van der Waals surface area contributed by atoms with Gasteiger partial charge in [-0.05, 0) is 48.1 Å². The molecule has 4 bridgehead atoms. The van der Waals surface area contributed by atoms with E-state index in [1.54, 1.807) is 12.1 Å². The van der Waals surface area contributed by atoms with Crippen molar-refractivity contribution in [2.24, 2.45) is 0 Å². The molecule has 1 aliphatic rings. The first-order chi connectivity index (χ1) is 14.4. The van der Waals surface area contributed by atoms with E-state index in [0.717, 1.165) is 29.1 Å². The number of fused-ring (bicyclic) bond motifs is 4. The van der Waals surface area contributed by atoms with E-state index < -0.39 is 9.73 Å². The fourth-order valence-corrected chi connectivity index (χ4v) is 4.96. The average molecular weight is 422 g/mol. The van der Waals surface area contributed by atoms with E-state index in [1.165, 1.54) is 5.56 Å². The maximum absolute atomic E-state index is 12.8. The van der Waals surface area contributed by atoms with Gasteiger partial charge in [-0.15, -0.1) is 0 Å². The minimum absolute atomic E-state index is 0.352. The summed E-state index contributed by atoms with van der Waals surface area (Å²) in [5.74, 6) is 2.07. The van der Waals surface area contributed by atoms with Gasteiger partial charge in [0, 0.05) is 34.6 Å². The number of aromatic nitrogens is 2. The summed E-state index contributed by atoms with van der Waals surface area (Å²) < 4.78 is 21.1. The Balaban J connectivity index is 1.71. The smallest absolute Gasteiger partial charge is 0.229 e. The van der Waals surface area contributed by atoms with Crippen LogP contribution in [0.25, 0.3) is 11.1 Å². The fourth-order valence-electron chi connectivity index (χ4n) is 3.50. The van der Waals surface area contributed by atoms with Gasteiger partial charge in [0.05, 0.1) is 9.73 Å². The van der Waals surface area contributed by atoms with Gasteiger partial charge in [-0.1, -0.05) is 44.2 Å². The molecule has 0 saturated carbocycles. The number of hydrogen-bond donors (Lipinski definition) is 3. The van der Waals surface area contributed by atoms with Crippen molar-refractivity contribution in [3.05, 3.63) is 60.3 Å². The van der Waals surface area contributed by atoms with Gasteiger partial charge >= 0.3 is 0 Å². The molecular weight excluding hydrogens is 394 g/mol. The van der Waals surface area contributed by atoms with Gasteiger partial charge in [-0.2, -0.15) is 4.98 Å². The lowest BCUT2D eigenvalue weighted by molar-refractivity contribution is 0.670. The summed E-state index contributed by atoms with van der Waals surface area (Å²) in [7, 11) is -2.81. The van der Waals surface area contributed by atoms with Gasteiger partial charge in [0.15, 0.2) is 0 Å². The van der Waals surface area contributed by atoms with Gasteiger partial charge in [0.25, 0.3) is 0 Å². The number of benzene rings is 2. The van der Waals surface area contributed by atoms with Crippen LogP contribution in [-0.2, 0) is 9.73 Å². The van der Waals surface area contributed by atoms with Crippen LogP contribution in [0.5, 0.6) is 0 Å². The number of hydrogen-bond acceptors (Lipinski definition) is 6. The van der Waals surface area contributed by atoms with Gasteiger partial charge in [0.1, 0.15) is 5.82 Å². The predicted octanol–water partition coefficient (Wildman–Crippen LogP) is 5.62. The number of anilines is 3. The van der Waals surface area contributed by atoms with Crippen LogP contribution in [0, 0.1) is 4.78 Å². The molecule has 4 rings (SSSR count). The van der Waals surface area contributed by atoms with E-state index >= 15 is 0 Å². The van der Waals surface area contributed by atoms with E-state index in [-0.39, 0.29) is 0 Å². The fraction of sp³-hybridized carbons (Fsp3) is 0.304. The minimum Gasteiger partial charge on any atom is -0.369 e. The molecule has 0 aliphatic carbocycles. The predicted molar refractivity (Wildman–Crippen MR) is 123 cm³/mol. The van der Waals surface area contributed by atoms with Gasteiger partial charge in [0.2, 0.25) is 5.95 Å². The van der Waals surface area contributed by atoms with Gasteiger partial charge < -0.3 is 10.6 Å². The Kier molecular flexibility index (Phi) is 5.72. The largest absolute Gasteiger partial charge is 0.369 e. The van der Waals surface area contributed by atoms with Crippen LogP contribution in [0.1, 0.15) is 38.2 Å². The van der Waals surface area contributed by atoms with Crippen LogP contribution in [0.2, 0.25) is 0 Å². The lowest BCUT2D eigenvalue weighted by atomic mass is 9.99. The molecule has 156 valence electrons. The van der Waals surface area contributed by atoms with Crippen molar-refractivity contribution in [3.63, 3.8) is 0 Å². The highest BCUT2D eigenvalue weighted by Crippen LogP contribution is 2.29. The molecule has 0 saturated heterocycles. The first-order valence-electron chi connectivity index (χ1n) is 10.3. The molecule has 30 heavy (non-hydrogen) atoms. The van der Waals surface area contributed by atoms with E-state index in [1.807, 2.05) is 18.3 Å². The highest BCUT2D eigenvalue weighted by Gasteiger charge is 2.14. The van der Waals surface area contributed by atoms with Crippen molar-refractivity contribution < 1.29 is 4.21 Å². The number of nitrogens with zero attached hydrogens (tertiary/aromatic N) is 2. The van der Waals surface area contributed by atoms with E-state index in [4.69, 9.17) is 9.76 Å². The summed E-state index contributed by atoms with van der Waals surface area (Å²) >= 11 is 0. The van der Waals surface area contributed by atoms with Crippen molar-refractivity contribution in [2.75, 3.05) is 22.9 Å². The Hall–Kier alpha value is -2.93. The molecule has 6 nitrogen and oxygen atoms in total. The van der Waals surface area contributed by atoms with Crippen LogP contribution in [0.3, 0.4) is 0 Å². The number of nitrogens with one attached hydrogen (secondary N) is 3. The van der Waals surface area contributed by atoms with Crippen molar-refractivity contribution >= 4 is 27.2 Å². The maximum Gasteiger partial charge on any atom is 0.229 e. The molecule has 2 heterocycles. The Morgan fingerprint density at radius 2 is 1.90 bits per heavy atom. The molecule has 3 N–H and O–H groups in total. The lowest BCUT2D eigenvalue weighted by Crippen LogP contribution is -2.09. The highest BCUT2D eigenvalue weighted by atomic mass is 32.2. The van der Waals surface area contributed by atoms with E-state index in [9.17, 15) is 4.21 Å². The van der Waals surface area contributed by atoms with Crippen LogP contribution in [-0.4, -0.2) is 26.5 Å². The third kappa shape index (κ3) is 4.46. The summed E-state index contributed by atoms with van der Waals surface area (Å²) in [5.41, 5.74) is 4.04. The molecule has 1 aromatic heterocycles. The summed E-state index contributed by atoms with van der Waals surface area (Å²) in [6, 6.07) is 15.7. The van der Waals surface area contributed by atoms with Gasteiger partial charge in [-0.25, -0.2) is 14.0 Å². The molecule has 0 amide bonds. The molecule has 7 heteroatoms. The van der Waals surface area contributed by atoms with Gasteiger partial charge in [-0.3, -0.25) is 0 Å². The Morgan fingerprint density at radius 3 is 2.67 bits per heavy atom. The minimum atomic E-state index is -2.81. The summed E-state index contributed by atoms with van der Waals surface area (Å²) in [4.78, 5) is 9.76. The molecule has 1 unspecified atom stereocenters. The third-order valence-electron chi connectivity index (χ3n) is 5.30. The molecular formula is C23H27N5OS. The first-order valence-corrected chi connectivity index (χ1v) is 12.0. The monoisotopic (exact) mass is 421 g/mol. The lowest BCUT2D eigenvalue weighted by Gasteiger charge is -2.14. The molecule has 1 atom stereocenters. The second-order valence-electron chi connectivity index (χ2n) is 7.90. The molecule has 1 aliphatic heterocycles. The summed E-state index contributed by atoms with van der Waals surface area (Å²) in [5, 5.41) is 6.61. The second kappa shape index (κ2) is 8.44. The van der Waals surface area contributed by atoms with Crippen molar-refractivity contribution in [2.45, 2.75) is 37.5 Å². The van der Waals surface area contributed by atoms with Crippen molar-refractivity contribution in [1.29, 1.82) is 4.78 Å². The van der Waals surface area contributed by atoms with Crippen LogP contribution in [0.4, 0.5) is 17.5 Å². The number of rotatable bonds is 2. The van der Waals surface area contributed by atoms with E-state index in [0.29, 0.717) is 35.5 Å². The Bertz CT molecular complexity index is 1140. The maximum atomic E-state index is 12.8. The zero-order valence-electron chi connectivity index (χ0n) is 17.3. The quantitative estimate of drug-likeness (QED) is 0.499. The van der Waals surface area contributed by atoms with Crippen LogP contribution >= 0.6 is 0 Å². The molecule has 0 fully saturated rings. The first kappa shape index (κ1) is 20.3. The molecule has 0 radical (unpaired) electrons. The normalized spacial score (nSPS) is 19.0. The standard InChI is InChI=1S/C23H27N5OS/c1-16(2)17-8-10-18(11-9-17)21-15-26-23-27-19-6-5-7-20(14-19)30(24,29)13-4-3-12-25-22(21)28-23/h5-11,14-16,24H,3-4,12-13H2,1-2H3,(H2,25,26,27,28). The zero-order valence-corrected chi connectivity index (χ0v) is 18.1. The molecule has 2 aromatic carbocycles. The zero-order chi connectivity index (χ0) is 21.1. The summed E-state index contributed by atoms with van der Waals surface area (Å²) in [6.45, 7) is 5.06. The molecule has 0 spiro atoms. The Morgan fingerprint density at radius 1 is 1.10 bits per heavy atom. The van der Waals surface area contributed by atoms with Crippen molar-refractivity contribution in [3.8, 4) is 11.1 Å². The SMILES string of the molecule is CC(C)c1ccc(-c2cnc3nc2NCCCCS(=N)(=O)c2cccc(c2)N3)cc1. The second-order valence-corrected chi connectivity index (χ2v) is 10.1. The molecule has 3 aromatic rings. The Labute approximate surface area is 178 Å². The van der Waals surface area contributed by atoms with Crippen LogP contribution in [0.15, 0.2) is 59.6 Å². The highest BCUT2D eigenvalue weighted by molar-refractivity contribution is 7.92. The third-order valence-corrected chi connectivity index (χ3v) is 7.18. The van der Waals surface area contributed by atoms with E-state index in [2.05, 4.69) is 53.7 Å². The van der Waals surface area contributed by atoms with Crippen LogP contribution < -0.4 is 10.6 Å². The van der Waals surface area contributed by atoms with Crippen molar-refractivity contribution in [1.82, 2.24) is 9.97 Å².